The van der Waals surface area contributed by atoms with Crippen LogP contribution >= 0.6 is 11.6 Å². The predicted octanol–water partition coefficient (Wildman–Crippen LogP) is 2.03. The molecule has 1 fully saturated rings. The third-order valence-electron chi connectivity index (χ3n) is 3.80. The Hall–Kier alpha value is -2.15. The van der Waals surface area contributed by atoms with Crippen molar-refractivity contribution in [2.45, 2.75) is 32.4 Å². The van der Waals surface area contributed by atoms with E-state index in [1.54, 1.807) is 34.1 Å². The van der Waals surface area contributed by atoms with Gasteiger partial charge in [0.05, 0.1) is 11.2 Å². The molecule has 2 aromatic rings. The molecule has 3 rings (SSSR count). The fraction of sp³-hybridized carbons (Fsp3) is 0.467. The molecule has 7 nitrogen and oxygen atoms in total. The summed E-state index contributed by atoms with van der Waals surface area (Å²) in [7, 11) is 0. The normalized spacial score (nSPS) is 15.7. The highest BCUT2D eigenvalue weighted by Gasteiger charge is 2.26. The zero-order chi connectivity index (χ0) is 16.2. The zero-order valence-electron chi connectivity index (χ0n) is 12.9. The van der Waals surface area contributed by atoms with Gasteiger partial charge in [-0.15, -0.1) is 5.10 Å². The number of carbonyl (C=O) groups is 1. The van der Waals surface area contributed by atoms with E-state index in [4.69, 9.17) is 16.3 Å². The largest absolute Gasteiger partial charge is 0.474 e. The Bertz CT molecular complexity index is 665. The maximum Gasteiger partial charge on any atom is 0.276 e. The minimum Gasteiger partial charge on any atom is -0.474 e. The summed E-state index contributed by atoms with van der Waals surface area (Å²) < 4.78 is 7.47. The number of hydrogen-bond donors (Lipinski definition) is 0. The van der Waals surface area contributed by atoms with E-state index < -0.39 is 0 Å². The zero-order valence-corrected chi connectivity index (χ0v) is 13.6. The van der Waals surface area contributed by atoms with Gasteiger partial charge in [-0.25, -0.2) is 4.98 Å². The molecule has 0 radical (unpaired) electrons. The van der Waals surface area contributed by atoms with Crippen LogP contribution in [-0.4, -0.2) is 50.0 Å². The van der Waals surface area contributed by atoms with Crippen molar-refractivity contribution in [1.29, 1.82) is 0 Å². The second-order valence-electron chi connectivity index (χ2n) is 5.38. The molecule has 3 heterocycles. The molecule has 0 spiro atoms. The Morgan fingerprint density at radius 3 is 2.78 bits per heavy atom. The fourth-order valence-electron chi connectivity index (χ4n) is 2.49. The van der Waals surface area contributed by atoms with E-state index in [0.29, 0.717) is 36.2 Å². The van der Waals surface area contributed by atoms with Crippen molar-refractivity contribution < 1.29 is 9.53 Å². The van der Waals surface area contributed by atoms with Crippen LogP contribution in [0.1, 0.15) is 30.3 Å². The fourth-order valence-corrected chi connectivity index (χ4v) is 2.60. The van der Waals surface area contributed by atoms with Gasteiger partial charge in [-0.05, 0) is 13.0 Å². The standard InChI is InChI=1S/C15H18ClN5O2/c1-2-21-10-13(18-19-21)15(22)20-7-5-12(6-8-20)23-14-4-3-11(16)9-17-14/h3-4,9-10,12H,2,5-8H2,1H3. The first kappa shape index (κ1) is 15.7. The van der Waals surface area contributed by atoms with Crippen LogP contribution in [0.5, 0.6) is 5.88 Å². The summed E-state index contributed by atoms with van der Waals surface area (Å²) in [6, 6.07) is 3.50. The number of pyridine rings is 1. The minimum atomic E-state index is -0.0761. The van der Waals surface area contributed by atoms with Crippen LogP contribution in [0.2, 0.25) is 5.02 Å². The summed E-state index contributed by atoms with van der Waals surface area (Å²) in [6.07, 6.45) is 4.82. The molecule has 0 unspecified atom stereocenters. The molecule has 0 atom stereocenters. The molecule has 8 heteroatoms. The Labute approximate surface area is 139 Å². The average molecular weight is 336 g/mol. The van der Waals surface area contributed by atoms with Crippen LogP contribution in [0.25, 0.3) is 0 Å². The third kappa shape index (κ3) is 3.79. The topological polar surface area (TPSA) is 73.1 Å². The molecule has 1 aliphatic heterocycles. The van der Waals surface area contributed by atoms with E-state index in [9.17, 15) is 4.79 Å². The summed E-state index contributed by atoms with van der Waals surface area (Å²) >= 11 is 5.80. The monoisotopic (exact) mass is 335 g/mol. The molecule has 0 bridgehead atoms. The van der Waals surface area contributed by atoms with Gasteiger partial charge in [-0.3, -0.25) is 9.48 Å². The summed E-state index contributed by atoms with van der Waals surface area (Å²) in [4.78, 5) is 18.3. The molecule has 2 aromatic heterocycles. The molecule has 1 amide bonds. The van der Waals surface area contributed by atoms with Crippen molar-refractivity contribution in [1.82, 2.24) is 24.9 Å². The number of ether oxygens (including phenoxy) is 1. The van der Waals surface area contributed by atoms with Gasteiger partial charge >= 0.3 is 0 Å². The molecule has 0 saturated carbocycles. The summed E-state index contributed by atoms with van der Waals surface area (Å²) in [5, 5.41) is 8.41. The van der Waals surface area contributed by atoms with Crippen molar-refractivity contribution in [2.75, 3.05) is 13.1 Å². The molecule has 0 aliphatic carbocycles. The van der Waals surface area contributed by atoms with E-state index in [-0.39, 0.29) is 12.0 Å². The van der Waals surface area contributed by atoms with Crippen molar-refractivity contribution in [3.8, 4) is 5.88 Å². The molecular formula is C15H18ClN5O2. The third-order valence-corrected chi connectivity index (χ3v) is 4.02. The van der Waals surface area contributed by atoms with Crippen LogP contribution in [0.4, 0.5) is 0 Å². The summed E-state index contributed by atoms with van der Waals surface area (Å²) in [6.45, 7) is 3.92. The first-order valence-electron chi connectivity index (χ1n) is 7.63. The first-order chi connectivity index (χ1) is 11.2. The molecule has 0 N–H and O–H groups in total. The van der Waals surface area contributed by atoms with E-state index in [1.165, 1.54) is 0 Å². The van der Waals surface area contributed by atoms with Crippen LogP contribution in [0.15, 0.2) is 24.5 Å². The van der Waals surface area contributed by atoms with E-state index in [2.05, 4.69) is 15.3 Å². The maximum absolute atomic E-state index is 12.4. The van der Waals surface area contributed by atoms with Crippen molar-refractivity contribution in [3.63, 3.8) is 0 Å². The highest BCUT2D eigenvalue weighted by molar-refractivity contribution is 6.30. The van der Waals surface area contributed by atoms with E-state index >= 15 is 0 Å². The molecular weight excluding hydrogens is 318 g/mol. The molecule has 1 saturated heterocycles. The number of piperidine rings is 1. The lowest BCUT2D eigenvalue weighted by molar-refractivity contribution is 0.0582. The van der Waals surface area contributed by atoms with Crippen molar-refractivity contribution in [3.05, 3.63) is 35.2 Å². The number of carbonyl (C=O) groups excluding carboxylic acids is 1. The number of aromatic nitrogens is 4. The maximum atomic E-state index is 12.4. The molecule has 122 valence electrons. The van der Waals surface area contributed by atoms with Gasteiger partial charge in [0.2, 0.25) is 5.88 Å². The van der Waals surface area contributed by atoms with E-state index in [0.717, 1.165) is 12.8 Å². The van der Waals surface area contributed by atoms with Gasteiger partial charge in [-0.1, -0.05) is 16.8 Å². The van der Waals surface area contributed by atoms with Crippen molar-refractivity contribution >= 4 is 17.5 Å². The molecule has 1 aliphatic rings. The SMILES string of the molecule is CCn1cc(C(=O)N2CCC(Oc3ccc(Cl)cn3)CC2)nn1. The van der Waals surface area contributed by atoms with Crippen LogP contribution in [0.3, 0.4) is 0 Å². The van der Waals surface area contributed by atoms with Gasteiger partial charge < -0.3 is 9.64 Å². The lowest BCUT2D eigenvalue weighted by Crippen LogP contribution is -2.42. The van der Waals surface area contributed by atoms with Gasteiger partial charge in [0.15, 0.2) is 5.69 Å². The number of halogens is 1. The highest BCUT2D eigenvalue weighted by atomic mass is 35.5. The molecule has 0 aromatic carbocycles. The van der Waals surface area contributed by atoms with Gasteiger partial charge in [0, 0.05) is 44.7 Å². The van der Waals surface area contributed by atoms with Crippen LogP contribution in [0, 0.1) is 0 Å². The second kappa shape index (κ2) is 6.95. The Morgan fingerprint density at radius 1 is 1.39 bits per heavy atom. The summed E-state index contributed by atoms with van der Waals surface area (Å²) in [5.74, 6) is 0.484. The molecule has 23 heavy (non-hydrogen) atoms. The van der Waals surface area contributed by atoms with Crippen LogP contribution < -0.4 is 4.74 Å². The number of likely N-dealkylation sites (tertiary alicyclic amines) is 1. The number of amides is 1. The highest BCUT2D eigenvalue weighted by Crippen LogP contribution is 2.19. The van der Waals surface area contributed by atoms with Gasteiger partial charge in [0.25, 0.3) is 5.91 Å². The Balaban J connectivity index is 1.53. The van der Waals surface area contributed by atoms with Crippen molar-refractivity contribution in [2.24, 2.45) is 0 Å². The number of rotatable bonds is 4. The number of aryl methyl sites for hydroxylation is 1. The quantitative estimate of drug-likeness (QED) is 0.854. The summed E-state index contributed by atoms with van der Waals surface area (Å²) in [5.41, 5.74) is 0.394. The average Bonchev–Trinajstić information content (AvgIpc) is 3.06. The first-order valence-corrected chi connectivity index (χ1v) is 8.01. The van der Waals surface area contributed by atoms with Crippen LogP contribution in [-0.2, 0) is 6.54 Å². The van der Waals surface area contributed by atoms with E-state index in [1.807, 2.05) is 6.92 Å². The number of nitrogens with zero attached hydrogens (tertiary/aromatic N) is 5. The lowest BCUT2D eigenvalue weighted by Gasteiger charge is -2.31. The second-order valence-corrected chi connectivity index (χ2v) is 5.82. The Morgan fingerprint density at radius 2 is 2.17 bits per heavy atom. The Kier molecular flexibility index (Phi) is 4.76. The van der Waals surface area contributed by atoms with Gasteiger partial charge in [-0.2, -0.15) is 0 Å². The predicted molar refractivity (Wildman–Crippen MR) is 84.5 cm³/mol. The van der Waals surface area contributed by atoms with Gasteiger partial charge in [0.1, 0.15) is 6.10 Å². The smallest absolute Gasteiger partial charge is 0.276 e. The minimum absolute atomic E-state index is 0.0547. The lowest BCUT2D eigenvalue weighted by atomic mass is 10.1. The number of hydrogen-bond acceptors (Lipinski definition) is 5.